The van der Waals surface area contributed by atoms with Crippen LogP contribution >= 0.6 is 0 Å². The van der Waals surface area contributed by atoms with Gasteiger partial charge in [-0.05, 0) is 32.8 Å². The van der Waals surface area contributed by atoms with Crippen LogP contribution in [0.3, 0.4) is 0 Å². The summed E-state index contributed by atoms with van der Waals surface area (Å²) in [6.45, 7) is 4.11. The molecule has 0 saturated heterocycles. The summed E-state index contributed by atoms with van der Waals surface area (Å²) < 4.78 is 1.86. The number of amides is 1. The Labute approximate surface area is 139 Å². The summed E-state index contributed by atoms with van der Waals surface area (Å²) in [7, 11) is 0. The van der Waals surface area contributed by atoms with E-state index in [1.807, 2.05) is 16.9 Å². The molecule has 0 aromatic carbocycles. The first-order valence-electron chi connectivity index (χ1n) is 8.25. The van der Waals surface area contributed by atoms with E-state index in [0.717, 1.165) is 29.7 Å². The van der Waals surface area contributed by atoms with E-state index in [1.165, 1.54) is 0 Å². The minimum Gasteiger partial charge on any atom is -0.349 e. The van der Waals surface area contributed by atoms with Crippen LogP contribution in [0.15, 0.2) is 30.9 Å². The van der Waals surface area contributed by atoms with Crippen LogP contribution < -0.4 is 5.32 Å². The van der Waals surface area contributed by atoms with Gasteiger partial charge in [0.1, 0.15) is 5.82 Å². The number of nitrogens with one attached hydrogen (secondary N) is 2. The Morgan fingerprint density at radius 2 is 2.17 bits per heavy atom. The van der Waals surface area contributed by atoms with Crippen molar-refractivity contribution in [2.45, 2.75) is 44.7 Å². The van der Waals surface area contributed by atoms with Crippen LogP contribution in [0.5, 0.6) is 0 Å². The summed E-state index contributed by atoms with van der Waals surface area (Å²) in [6, 6.07) is 2.29. The van der Waals surface area contributed by atoms with Gasteiger partial charge in [-0.3, -0.25) is 4.79 Å². The Bertz CT molecular complexity index is 860. The van der Waals surface area contributed by atoms with Crippen LogP contribution in [0.4, 0.5) is 0 Å². The highest BCUT2D eigenvalue weighted by Crippen LogP contribution is 2.35. The summed E-state index contributed by atoms with van der Waals surface area (Å²) in [5.74, 6) is 1.34. The summed E-state index contributed by atoms with van der Waals surface area (Å²) in [5, 5.41) is 8.29. The number of carbonyl (C=O) groups is 1. The molecule has 2 N–H and O–H groups in total. The second-order valence-corrected chi connectivity index (χ2v) is 6.63. The molecule has 3 aromatic heterocycles. The van der Waals surface area contributed by atoms with Gasteiger partial charge in [0.2, 0.25) is 0 Å². The number of aromatic nitrogens is 5. The first-order valence-corrected chi connectivity index (χ1v) is 8.25. The van der Waals surface area contributed by atoms with Gasteiger partial charge >= 0.3 is 0 Å². The van der Waals surface area contributed by atoms with E-state index in [0.29, 0.717) is 11.5 Å². The highest BCUT2D eigenvalue weighted by molar-refractivity contribution is 5.97. The van der Waals surface area contributed by atoms with E-state index in [4.69, 9.17) is 0 Å². The van der Waals surface area contributed by atoms with Crippen LogP contribution in [-0.2, 0) is 0 Å². The summed E-state index contributed by atoms with van der Waals surface area (Å²) in [5.41, 5.74) is 1.38. The van der Waals surface area contributed by atoms with Crippen LogP contribution in [0, 0.1) is 0 Å². The maximum Gasteiger partial charge on any atom is 0.253 e. The second kappa shape index (κ2) is 5.74. The van der Waals surface area contributed by atoms with Gasteiger partial charge in [-0.15, -0.1) is 0 Å². The standard InChI is InChI=1S/C17H20N6O/c1-10(2)23-16-12(9-21-23)5-13(8-20-16)17(24)22-14-6-11(7-14)15-18-3-4-19-15/h3-5,8-11,14H,6-7H2,1-2H3,(H,18,19)(H,22,24). The quantitative estimate of drug-likeness (QED) is 0.771. The van der Waals surface area contributed by atoms with Crippen molar-refractivity contribution >= 4 is 16.9 Å². The number of pyridine rings is 1. The third kappa shape index (κ3) is 2.55. The lowest BCUT2D eigenvalue weighted by molar-refractivity contribution is 0.0907. The SMILES string of the molecule is CC(C)n1ncc2cc(C(=O)NC3CC(c4ncc[nH]4)C3)cnc21. The monoisotopic (exact) mass is 324 g/mol. The molecule has 0 radical (unpaired) electrons. The van der Waals surface area contributed by atoms with Crippen LogP contribution in [0.1, 0.15) is 54.8 Å². The predicted octanol–water partition coefficient (Wildman–Crippen LogP) is 2.41. The fraction of sp³-hybridized carbons (Fsp3) is 0.412. The Hall–Kier alpha value is -2.70. The predicted molar refractivity (Wildman–Crippen MR) is 89.7 cm³/mol. The molecule has 0 atom stereocenters. The Kier molecular flexibility index (Phi) is 3.55. The van der Waals surface area contributed by atoms with E-state index in [9.17, 15) is 4.79 Å². The Balaban J connectivity index is 1.43. The van der Waals surface area contributed by atoms with Gasteiger partial charge in [-0.25, -0.2) is 14.6 Å². The molecular weight excluding hydrogens is 304 g/mol. The number of aromatic amines is 1. The van der Waals surface area contributed by atoms with Crippen LogP contribution in [0.25, 0.3) is 11.0 Å². The number of hydrogen-bond donors (Lipinski definition) is 2. The van der Waals surface area contributed by atoms with E-state index in [1.54, 1.807) is 18.6 Å². The molecule has 7 nitrogen and oxygen atoms in total. The molecule has 124 valence electrons. The molecular formula is C17H20N6O. The largest absolute Gasteiger partial charge is 0.349 e. The number of carbonyl (C=O) groups excluding carboxylic acids is 1. The van der Waals surface area contributed by atoms with Crippen LogP contribution in [-0.4, -0.2) is 36.7 Å². The number of nitrogens with zero attached hydrogens (tertiary/aromatic N) is 4. The van der Waals surface area contributed by atoms with Crippen molar-refractivity contribution in [3.63, 3.8) is 0 Å². The van der Waals surface area contributed by atoms with Gasteiger partial charge in [0.05, 0.1) is 11.8 Å². The molecule has 0 spiro atoms. The fourth-order valence-electron chi connectivity index (χ4n) is 3.17. The zero-order chi connectivity index (χ0) is 16.7. The molecule has 1 saturated carbocycles. The molecule has 3 heterocycles. The lowest BCUT2D eigenvalue weighted by Gasteiger charge is -2.34. The second-order valence-electron chi connectivity index (χ2n) is 6.63. The van der Waals surface area contributed by atoms with Gasteiger partial charge in [0.15, 0.2) is 5.65 Å². The molecule has 4 rings (SSSR count). The van der Waals surface area contributed by atoms with Gasteiger partial charge in [-0.2, -0.15) is 5.10 Å². The topological polar surface area (TPSA) is 88.5 Å². The van der Waals surface area contributed by atoms with Crippen LogP contribution in [0.2, 0.25) is 0 Å². The maximum absolute atomic E-state index is 12.4. The highest BCUT2D eigenvalue weighted by atomic mass is 16.1. The molecule has 0 bridgehead atoms. The maximum atomic E-state index is 12.4. The average Bonchev–Trinajstić information content (AvgIpc) is 3.18. The first kappa shape index (κ1) is 14.9. The van der Waals surface area contributed by atoms with Crippen molar-refractivity contribution in [3.8, 4) is 0 Å². The molecule has 3 aromatic rings. The smallest absolute Gasteiger partial charge is 0.253 e. The highest BCUT2D eigenvalue weighted by Gasteiger charge is 2.33. The van der Waals surface area contributed by atoms with Crippen molar-refractivity contribution < 1.29 is 4.79 Å². The lowest BCUT2D eigenvalue weighted by Crippen LogP contribution is -2.43. The van der Waals surface area contributed by atoms with Crippen molar-refractivity contribution in [1.29, 1.82) is 0 Å². The zero-order valence-corrected chi connectivity index (χ0v) is 13.7. The number of imidazole rings is 1. The molecule has 1 aliphatic rings. The van der Waals surface area contributed by atoms with Crippen molar-refractivity contribution in [1.82, 2.24) is 30.0 Å². The molecule has 1 aliphatic carbocycles. The molecule has 7 heteroatoms. The van der Waals surface area contributed by atoms with Gasteiger partial charge in [-0.1, -0.05) is 0 Å². The number of rotatable bonds is 4. The minimum absolute atomic E-state index is 0.0791. The van der Waals surface area contributed by atoms with Crippen molar-refractivity contribution in [3.05, 3.63) is 42.2 Å². The van der Waals surface area contributed by atoms with E-state index in [-0.39, 0.29) is 18.0 Å². The average molecular weight is 324 g/mol. The van der Waals surface area contributed by atoms with Crippen molar-refractivity contribution in [2.75, 3.05) is 0 Å². The summed E-state index contributed by atoms with van der Waals surface area (Å²) in [4.78, 5) is 24.2. The van der Waals surface area contributed by atoms with Gasteiger partial charge in [0, 0.05) is 42.0 Å². The van der Waals surface area contributed by atoms with Crippen molar-refractivity contribution in [2.24, 2.45) is 0 Å². The third-order valence-corrected chi connectivity index (χ3v) is 4.56. The van der Waals surface area contributed by atoms with E-state index < -0.39 is 0 Å². The molecule has 1 fully saturated rings. The van der Waals surface area contributed by atoms with E-state index in [2.05, 4.69) is 39.2 Å². The molecule has 0 aliphatic heterocycles. The zero-order valence-electron chi connectivity index (χ0n) is 13.7. The fourth-order valence-corrected chi connectivity index (χ4v) is 3.17. The Morgan fingerprint density at radius 3 is 2.88 bits per heavy atom. The molecule has 1 amide bonds. The number of H-pyrrole nitrogens is 1. The van der Waals surface area contributed by atoms with Gasteiger partial charge in [0.25, 0.3) is 5.91 Å². The van der Waals surface area contributed by atoms with Gasteiger partial charge < -0.3 is 10.3 Å². The number of hydrogen-bond acceptors (Lipinski definition) is 4. The third-order valence-electron chi connectivity index (χ3n) is 4.56. The normalized spacial score (nSPS) is 20.3. The molecule has 24 heavy (non-hydrogen) atoms. The first-order chi connectivity index (χ1) is 11.6. The van der Waals surface area contributed by atoms with E-state index >= 15 is 0 Å². The summed E-state index contributed by atoms with van der Waals surface area (Å²) >= 11 is 0. The number of fused-ring (bicyclic) bond motifs is 1. The minimum atomic E-state index is -0.0791. The summed E-state index contributed by atoms with van der Waals surface area (Å²) in [6.07, 6.45) is 8.82. The lowest BCUT2D eigenvalue weighted by atomic mass is 9.79. The molecule has 0 unspecified atom stereocenters. The Morgan fingerprint density at radius 1 is 1.33 bits per heavy atom.